The van der Waals surface area contributed by atoms with Crippen LogP contribution in [0.3, 0.4) is 0 Å². The van der Waals surface area contributed by atoms with E-state index in [1.807, 2.05) is 0 Å². The van der Waals surface area contributed by atoms with Crippen LogP contribution in [-0.2, 0) is 0 Å². The number of piperidine rings is 1. The Morgan fingerprint density at radius 3 is 2.19 bits per heavy atom. The monoisotopic (exact) mass is 220 g/mol. The van der Waals surface area contributed by atoms with Gasteiger partial charge in [0.05, 0.1) is 11.5 Å². The third-order valence-electron chi connectivity index (χ3n) is 4.67. The fourth-order valence-electron chi connectivity index (χ4n) is 3.10. The van der Waals surface area contributed by atoms with E-state index in [-0.39, 0.29) is 5.41 Å². The maximum atomic E-state index is 9.11. The Morgan fingerprint density at radius 1 is 1.12 bits per heavy atom. The summed E-state index contributed by atoms with van der Waals surface area (Å²) >= 11 is 0. The minimum atomic E-state index is -0.0432. The fourth-order valence-corrected chi connectivity index (χ4v) is 3.10. The van der Waals surface area contributed by atoms with Crippen LogP contribution in [0, 0.1) is 22.7 Å². The molecule has 0 atom stereocenters. The Kier molecular flexibility index (Phi) is 3.54. The van der Waals surface area contributed by atoms with Gasteiger partial charge in [0.15, 0.2) is 0 Å². The van der Waals surface area contributed by atoms with E-state index in [9.17, 15) is 0 Å². The van der Waals surface area contributed by atoms with Crippen molar-refractivity contribution in [3.05, 3.63) is 0 Å². The zero-order valence-corrected chi connectivity index (χ0v) is 10.7. The highest BCUT2D eigenvalue weighted by atomic mass is 15.2. The fraction of sp³-hybridized carbons (Fsp3) is 0.929. The molecule has 0 radical (unpaired) electrons. The maximum Gasteiger partial charge on any atom is 0.0687 e. The van der Waals surface area contributed by atoms with Crippen molar-refractivity contribution in [1.82, 2.24) is 4.90 Å². The second kappa shape index (κ2) is 4.75. The van der Waals surface area contributed by atoms with Gasteiger partial charge in [-0.05, 0) is 64.5 Å². The molecule has 1 heterocycles. The molecule has 2 fully saturated rings. The zero-order chi connectivity index (χ0) is 11.6. The Morgan fingerprint density at radius 2 is 1.69 bits per heavy atom. The minimum Gasteiger partial charge on any atom is -0.300 e. The lowest BCUT2D eigenvalue weighted by atomic mass is 9.80. The quantitative estimate of drug-likeness (QED) is 0.678. The molecule has 2 aliphatic rings. The molecular formula is C14H24N2. The van der Waals surface area contributed by atoms with E-state index in [0.717, 1.165) is 37.9 Å². The van der Waals surface area contributed by atoms with Gasteiger partial charge in [0.25, 0.3) is 0 Å². The van der Waals surface area contributed by atoms with Crippen LogP contribution in [0.1, 0.15) is 52.4 Å². The summed E-state index contributed by atoms with van der Waals surface area (Å²) in [7, 11) is 0. The van der Waals surface area contributed by atoms with Gasteiger partial charge < -0.3 is 4.90 Å². The van der Waals surface area contributed by atoms with E-state index in [4.69, 9.17) is 5.26 Å². The zero-order valence-electron chi connectivity index (χ0n) is 10.7. The van der Waals surface area contributed by atoms with Gasteiger partial charge in [-0.1, -0.05) is 6.92 Å². The third kappa shape index (κ3) is 2.58. The minimum absolute atomic E-state index is 0.0432. The number of rotatable bonds is 1. The number of hydrogen-bond donors (Lipinski definition) is 0. The predicted octanol–water partition coefficient (Wildman–Crippen LogP) is 3.19. The van der Waals surface area contributed by atoms with Crippen molar-refractivity contribution in [3.63, 3.8) is 0 Å². The van der Waals surface area contributed by atoms with Crippen LogP contribution in [0.2, 0.25) is 0 Å². The molecule has 1 saturated heterocycles. The molecular weight excluding hydrogens is 196 g/mol. The van der Waals surface area contributed by atoms with E-state index in [2.05, 4.69) is 24.8 Å². The molecule has 2 heteroatoms. The standard InChI is InChI=1S/C14H24N2/c1-12-3-5-13(6-4-12)16-9-7-14(2,11-15)8-10-16/h12-13H,3-10H2,1-2H3. The third-order valence-corrected chi connectivity index (χ3v) is 4.67. The van der Waals surface area contributed by atoms with Crippen LogP contribution in [0.5, 0.6) is 0 Å². The summed E-state index contributed by atoms with van der Waals surface area (Å²) in [6.45, 7) is 6.78. The Labute approximate surface area is 99.6 Å². The second-order valence-corrected chi connectivity index (χ2v) is 6.12. The SMILES string of the molecule is CC1CCC(N2CCC(C)(C#N)CC2)CC1. The number of likely N-dealkylation sites (tertiary alicyclic amines) is 1. The average Bonchev–Trinajstić information content (AvgIpc) is 2.32. The van der Waals surface area contributed by atoms with E-state index < -0.39 is 0 Å². The largest absolute Gasteiger partial charge is 0.300 e. The summed E-state index contributed by atoms with van der Waals surface area (Å²) in [5.41, 5.74) is -0.0432. The summed E-state index contributed by atoms with van der Waals surface area (Å²) in [5, 5.41) is 9.11. The van der Waals surface area contributed by atoms with Crippen LogP contribution < -0.4 is 0 Å². The maximum absolute atomic E-state index is 9.11. The molecule has 2 nitrogen and oxygen atoms in total. The molecule has 0 spiro atoms. The van der Waals surface area contributed by atoms with Crippen LogP contribution in [0.15, 0.2) is 0 Å². The summed E-state index contributed by atoms with van der Waals surface area (Å²) in [6.07, 6.45) is 7.69. The Balaban J connectivity index is 1.83. The molecule has 1 aliphatic carbocycles. The summed E-state index contributed by atoms with van der Waals surface area (Å²) in [4.78, 5) is 2.64. The summed E-state index contributed by atoms with van der Waals surface area (Å²) in [5.74, 6) is 0.936. The molecule has 16 heavy (non-hydrogen) atoms. The van der Waals surface area contributed by atoms with Gasteiger partial charge in [0.1, 0.15) is 0 Å². The highest BCUT2D eigenvalue weighted by Gasteiger charge is 2.33. The van der Waals surface area contributed by atoms with Gasteiger partial charge in [0.2, 0.25) is 0 Å². The van der Waals surface area contributed by atoms with Crippen molar-refractivity contribution < 1.29 is 0 Å². The number of hydrogen-bond acceptors (Lipinski definition) is 2. The summed E-state index contributed by atoms with van der Waals surface area (Å²) < 4.78 is 0. The van der Waals surface area contributed by atoms with Crippen molar-refractivity contribution in [1.29, 1.82) is 5.26 Å². The topological polar surface area (TPSA) is 27.0 Å². The normalized spacial score (nSPS) is 35.6. The van der Waals surface area contributed by atoms with Crippen LogP contribution in [-0.4, -0.2) is 24.0 Å². The van der Waals surface area contributed by atoms with Crippen LogP contribution in [0.4, 0.5) is 0 Å². The van der Waals surface area contributed by atoms with E-state index in [0.29, 0.717) is 0 Å². The molecule has 0 aromatic heterocycles. The van der Waals surface area contributed by atoms with Crippen LogP contribution in [0.25, 0.3) is 0 Å². The van der Waals surface area contributed by atoms with Crippen molar-refractivity contribution in [2.24, 2.45) is 11.3 Å². The molecule has 2 rings (SSSR count). The van der Waals surface area contributed by atoms with Crippen molar-refractivity contribution in [2.75, 3.05) is 13.1 Å². The van der Waals surface area contributed by atoms with Gasteiger partial charge in [0, 0.05) is 6.04 Å². The molecule has 0 amide bonds. The van der Waals surface area contributed by atoms with Gasteiger partial charge in [-0.15, -0.1) is 0 Å². The molecule has 0 N–H and O–H groups in total. The first-order valence-corrected chi connectivity index (χ1v) is 6.78. The van der Waals surface area contributed by atoms with Crippen molar-refractivity contribution >= 4 is 0 Å². The van der Waals surface area contributed by atoms with Gasteiger partial charge in [-0.2, -0.15) is 5.26 Å². The lowest BCUT2D eigenvalue weighted by Gasteiger charge is -2.42. The second-order valence-electron chi connectivity index (χ2n) is 6.12. The first-order chi connectivity index (χ1) is 7.63. The first kappa shape index (κ1) is 11.9. The highest BCUT2D eigenvalue weighted by Crippen LogP contribution is 2.34. The van der Waals surface area contributed by atoms with Crippen molar-refractivity contribution in [3.8, 4) is 6.07 Å². The van der Waals surface area contributed by atoms with E-state index in [1.54, 1.807) is 0 Å². The molecule has 0 aromatic carbocycles. The Bertz CT molecular complexity index is 263. The van der Waals surface area contributed by atoms with E-state index in [1.165, 1.54) is 25.7 Å². The number of nitriles is 1. The van der Waals surface area contributed by atoms with Gasteiger partial charge >= 0.3 is 0 Å². The van der Waals surface area contributed by atoms with Crippen LogP contribution >= 0.6 is 0 Å². The molecule has 0 unspecified atom stereocenters. The van der Waals surface area contributed by atoms with E-state index >= 15 is 0 Å². The van der Waals surface area contributed by atoms with Gasteiger partial charge in [-0.25, -0.2) is 0 Å². The smallest absolute Gasteiger partial charge is 0.0687 e. The molecule has 0 aromatic rings. The Hall–Kier alpha value is -0.550. The first-order valence-electron chi connectivity index (χ1n) is 6.78. The molecule has 1 saturated carbocycles. The highest BCUT2D eigenvalue weighted by molar-refractivity contribution is 4.99. The predicted molar refractivity (Wildman–Crippen MR) is 65.9 cm³/mol. The lowest BCUT2D eigenvalue weighted by Crippen LogP contribution is -2.45. The molecule has 0 bridgehead atoms. The average molecular weight is 220 g/mol. The molecule has 90 valence electrons. The molecule has 1 aliphatic heterocycles. The van der Waals surface area contributed by atoms with Crippen molar-refractivity contribution in [2.45, 2.75) is 58.4 Å². The lowest BCUT2D eigenvalue weighted by molar-refractivity contribution is 0.0823. The van der Waals surface area contributed by atoms with Gasteiger partial charge in [-0.3, -0.25) is 0 Å². The number of nitrogens with zero attached hydrogens (tertiary/aromatic N) is 2. The summed E-state index contributed by atoms with van der Waals surface area (Å²) in [6, 6.07) is 3.30.